The van der Waals surface area contributed by atoms with Gasteiger partial charge in [-0.2, -0.15) is 0 Å². The smallest absolute Gasteiger partial charge is 0.256 e. The van der Waals surface area contributed by atoms with E-state index in [-0.39, 0.29) is 12.3 Å². The molecular weight excluding hydrogens is 178 g/mol. The Morgan fingerprint density at radius 3 is 2.58 bits per heavy atom. The predicted molar refractivity (Wildman–Crippen MR) is 48.2 cm³/mol. The first-order chi connectivity index (χ1) is 5.61. The average molecular weight is 189 g/mol. The van der Waals surface area contributed by atoms with Crippen molar-refractivity contribution in [1.82, 2.24) is 10.7 Å². The van der Waals surface area contributed by atoms with Gasteiger partial charge in [-0.3, -0.25) is 15.0 Å². The van der Waals surface area contributed by atoms with Crippen LogP contribution in [0.3, 0.4) is 0 Å². The Kier molecular flexibility index (Phi) is 5.14. The van der Waals surface area contributed by atoms with Crippen LogP contribution >= 0.6 is 12.2 Å². The molecule has 0 saturated carbocycles. The molecule has 1 unspecified atom stereocenters. The van der Waals surface area contributed by atoms with Crippen LogP contribution in [0.5, 0.6) is 0 Å². The van der Waals surface area contributed by atoms with Crippen LogP contribution in [0.2, 0.25) is 0 Å². The number of hydrazine groups is 1. The Hall–Kier alpha value is -1.01. The molecule has 5 nitrogen and oxygen atoms in total. The third kappa shape index (κ3) is 3.99. The molecule has 0 rings (SSSR count). The SMILES string of the molecule is CC(=O)NC(CC=S)C(=O)NN. The van der Waals surface area contributed by atoms with Crippen LogP contribution in [0.4, 0.5) is 0 Å². The van der Waals surface area contributed by atoms with Crippen molar-refractivity contribution in [3.05, 3.63) is 0 Å². The highest BCUT2D eigenvalue weighted by Gasteiger charge is 2.16. The molecule has 68 valence electrons. The number of hydrogen-bond donors (Lipinski definition) is 3. The van der Waals surface area contributed by atoms with Crippen LogP contribution in [0.1, 0.15) is 13.3 Å². The molecule has 2 amide bonds. The number of amides is 2. The predicted octanol–water partition coefficient (Wildman–Crippen LogP) is -1.13. The molecule has 4 N–H and O–H groups in total. The van der Waals surface area contributed by atoms with Crippen molar-refractivity contribution in [2.75, 3.05) is 0 Å². The Labute approximate surface area is 75.7 Å². The number of rotatable bonds is 4. The lowest BCUT2D eigenvalue weighted by molar-refractivity contribution is -0.127. The number of hydrogen-bond acceptors (Lipinski definition) is 4. The molecule has 1 atom stereocenters. The van der Waals surface area contributed by atoms with Gasteiger partial charge in [0.25, 0.3) is 5.91 Å². The zero-order valence-electron chi connectivity index (χ0n) is 6.66. The Morgan fingerprint density at radius 1 is 1.67 bits per heavy atom. The molecule has 6 heteroatoms. The second-order valence-electron chi connectivity index (χ2n) is 2.16. The quantitative estimate of drug-likeness (QED) is 0.226. The topological polar surface area (TPSA) is 84.2 Å². The van der Waals surface area contributed by atoms with E-state index in [1.54, 1.807) is 0 Å². The highest BCUT2D eigenvalue weighted by molar-refractivity contribution is 7.78. The highest BCUT2D eigenvalue weighted by atomic mass is 32.1. The second kappa shape index (κ2) is 5.62. The van der Waals surface area contributed by atoms with E-state index >= 15 is 0 Å². The number of nitrogens with one attached hydrogen (secondary N) is 2. The van der Waals surface area contributed by atoms with E-state index in [4.69, 9.17) is 5.84 Å². The van der Waals surface area contributed by atoms with Crippen LogP contribution in [0, 0.1) is 0 Å². The standard InChI is InChI=1S/C6H11N3O2S/c1-4(10)8-5(2-3-12)6(11)9-7/h3,5H,2,7H2,1H3,(H,8,10)(H,9,11). The molecule has 0 bridgehead atoms. The van der Waals surface area contributed by atoms with Gasteiger partial charge in [0.05, 0.1) is 0 Å². The summed E-state index contributed by atoms with van der Waals surface area (Å²) in [6, 6.07) is -0.662. The van der Waals surface area contributed by atoms with E-state index in [0.29, 0.717) is 0 Å². The fourth-order valence-corrected chi connectivity index (χ4v) is 0.866. The number of carbonyl (C=O) groups is 2. The van der Waals surface area contributed by atoms with Gasteiger partial charge < -0.3 is 5.32 Å². The number of nitrogens with two attached hydrogens (primary N) is 1. The molecule has 0 aromatic rings. The van der Waals surface area contributed by atoms with Gasteiger partial charge in [0, 0.05) is 13.3 Å². The van der Waals surface area contributed by atoms with Crippen molar-refractivity contribution in [3.63, 3.8) is 0 Å². The minimum atomic E-state index is -0.662. The van der Waals surface area contributed by atoms with Crippen molar-refractivity contribution >= 4 is 29.4 Å². The lowest BCUT2D eigenvalue weighted by Gasteiger charge is -2.12. The van der Waals surface area contributed by atoms with Crippen molar-refractivity contribution in [2.45, 2.75) is 19.4 Å². The Morgan fingerprint density at radius 2 is 2.25 bits per heavy atom. The summed E-state index contributed by atoms with van der Waals surface area (Å²) < 4.78 is 0. The van der Waals surface area contributed by atoms with Crippen LogP contribution in [0.25, 0.3) is 0 Å². The molecule has 0 aliphatic heterocycles. The minimum absolute atomic E-state index is 0.290. The third-order valence-electron chi connectivity index (χ3n) is 1.17. The molecule has 0 aliphatic carbocycles. The van der Waals surface area contributed by atoms with Gasteiger partial charge in [0.1, 0.15) is 6.04 Å². The summed E-state index contributed by atoms with van der Waals surface area (Å²) in [5.74, 6) is 4.14. The average Bonchev–Trinajstić information content (AvgIpc) is 2.01. The van der Waals surface area contributed by atoms with E-state index in [0.717, 1.165) is 0 Å². The largest absolute Gasteiger partial charge is 0.344 e. The van der Waals surface area contributed by atoms with Gasteiger partial charge in [-0.15, -0.1) is 0 Å². The van der Waals surface area contributed by atoms with Gasteiger partial charge in [0.15, 0.2) is 0 Å². The summed E-state index contributed by atoms with van der Waals surface area (Å²) in [6.45, 7) is 1.32. The van der Waals surface area contributed by atoms with E-state index in [9.17, 15) is 9.59 Å². The summed E-state index contributed by atoms with van der Waals surface area (Å²) in [7, 11) is 0. The summed E-state index contributed by atoms with van der Waals surface area (Å²) in [6.07, 6.45) is 0.290. The van der Waals surface area contributed by atoms with Crippen molar-refractivity contribution in [2.24, 2.45) is 5.84 Å². The lowest BCUT2D eigenvalue weighted by Crippen LogP contribution is -2.48. The molecule has 0 aliphatic rings. The summed E-state index contributed by atoms with van der Waals surface area (Å²) in [5.41, 5.74) is 1.94. The van der Waals surface area contributed by atoms with E-state index in [2.05, 4.69) is 17.5 Å². The first-order valence-electron chi connectivity index (χ1n) is 3.33. The van der Waals surface area contributed by atoms with Crippen molar-refractivity contribution in [3.8, 4) is 0 Å². The van der Waals surface area contributed by atoms with Crippen LogP contribution in [-0.4, -0.2) is 23.2 Å². The maximum absolute atomic E-state index is 10.9. The van der Waals surface area contributed by atoms with Crippen molar-refractivity contribution in [1.29, 1.82) is 0 Å². The van der Waals surface area contributed by atoms with Gasteiger partial charge in [-0.1, -0.05) is 12.2 Å². The van der Waals surface area contributed by atoms with Gasteiger partial charge in [-0.05, 0) is 5.37 Å². The zero-order valence-corrected chi connectivity index (χ0v) is 7.48. The maximum atomic E-state index is 10.9. The maximum Gasteiger partial charge on any atom is 0.256 e. The molecule has 0 heterocycles. The first-order valence-corrected chi connectivity index (χ1v) is 3.80. The monoisotopic (exact) mass is 189 g/mol. The van der Waals surface area contributed by atoms with E-state index in [1.165, 1.54) is 12.3 Å². The zero-order chi connectivity index (χ0) is 9.56. The van der Waals surface area contributed by atoms with Gasteiger partial charge in [0.2, 0.25) is 5.91 Å². The first kappa shape index (κ1) is 11.0. The van der Waals surface area contributed by atoms with Crippen LogP contribution in [-0.2, 0) is 9.59 Å². The highest BCUT2D eigenvalue weighted by Crippen LogP contribution is 1.88. The number of carbonyl (C=O) groups excluding carboxylic acids is 2. The molecule has 0 aromatic carbocycles. The molecular formula is C6H11N3O2S. The summed E-state index contributed by atoms with van der Waals surface area (Å²) in [5, 5.41) is 3.77. The van der Waals surface area contributed by atoms with E-state index < -0.39 is 11.9 Å². The molecule has 0 spiro atoms. The lowest BCUT2D eigenvalue weighted by atomic mass is 10.2. The van der Waals surface area contributed by atoms with Gasteiger partial charge >= 0.3 is 0 Å². The van der Waals surface area contributed by atoms with Crippen molar-refractivity contribution < 1.29 is 9.59 Å². The number of thiocarbonyl (C=S) groups is 1. The van der Waals surface area contributed by atoms with Gasteiger partial charge in [-0.25, -0.2) is 5.84 Å². The Balaban J connectivity index is 4.11. The fourth-order valence-electron chi connectivity index (χ4n) is 0.674. The summed E-state index contributed by atoms with van der Waals surface area (Å²) >= 11 is 4.55. The molecule has 0 saturated heterocycles. The van der Waals surface area contributed by atoms with Crippen LogP contribution < -0.4 is 16.6 Å². The Bertz CT molecular complexity index is 195. The molecule has 0 radical (unpaired) electrons. The summed E-state index contributed by atoms with van der Waals surface area (Å²) in [4.78, 5) is 21.5. The molecule has 0 fully saturated rings. The minimum Gasteiger partial charge on any atom is -0.344 e. The van der Waals surface area contributed by atoms with Crippen LogP contribution in [0.15, 0.2) is 0 Å². The molecule has 0 aromatic heterocycles. The van der Waals surface area contributed by atoms with E-state index in [1.807, 2.05) is 5.43 Å². The normalized spacial score (nSPS) is 11.5. The fraction of sp³-hybridized carbons (Fsp3) is 0.500. The molecule has 12 heavy (non-hydrogen) atoms. The third-order valence-corrected chi connectivity index (χ3v) is 1.36. The second-order valence-corrected chi connectivity index (χ2v) is 2.50.